The van der Waals surface area contributed by atoms with Crippen LogP contribution < -0.4 is 0 Å². The van der Waals surface area contributed by atoms with Gasteiger partial charge in [0.15, 0.2) is 0 Å². The topological polar surface area (TPSA) is 82.1 Å². The first-order chi connectivity index (χ1) is 9.29. The minimum atomic E-state index is -0.0670. The predicted molar refractivity (Wildman–Crippen MR) is 69.6 cm³/mol. The number of H-pyrrole nitrogens is 1. The fourth-order valence-electron chi connectivity index (χ4n) is 2.41. The maximum atomic E-state index is 12.4. The van der Waals surface area contributed by atoms with Gasteiger partial charge in [-0.2, -0.15) is 5.10 Å². The highest BCUT2D eigenvalue weighted by molar-refractivity contribution is 7.11. The van der Waals surface area contributed by atoms with Gasteiger partial charge in [0.2, 0.25) is 0 Å². The minimum absolute atomic E-state index is 0.00819. The fourth-order valence-corrected chi connectivity index (χ4v) is 2.99. The van der Waals surface area contributed by atoms with Gasteiger partial charge in [0.25, 0.3) is 5.91 Å². The molecule has 3 rings (SSSR count). The van der Waals surface area contributed by atoms with Gasteiger partial charge in [0, 0.05) is 6.54 Å². The maximum Gasteiger partial charge on any atom is 0.266 e. The van der Waals surface area contributed by atoms with Crippen LogP contribution in [0.1, 0.15) is 39.9 Å². The van der Waals surface area contributed by atoms with Crippen LogP contribution in [0.2, 0.25) is 0 Å². The number of aliphatic hydroxyl groups is 1. The SMILES string of the molecule is O=C(c1cncs1)N1CCCC1c1cc(CO)[nH]n1. The number of likely N-dealkylation sites (tertiary alicyclic amines) is 1. The highest BCUT2D eigenvalue weighted by Crippen LogP contribution is 2.32. The minimum Gasteiger partial charge on any atom is -0.390 e. The Morgan fingerprint density at radius 2 is 2.53 bits per heavy atom. The average Bonchev–Trinajstić information content (AvgIpc) is 3.16. The van der Waals surface area contributed by atoms with Crippen molar-refractivity contribution in [2.24, 2.45) is 0 Å². The normalized spacial score (nSPS) is 19.0. The van der Waals surface area contributed by atoms with Crippen molar-refractivity contribution in [2.75, 3.05) is 6.54 Å². The standard InChI is InChI=1S/C12H14N4O2S/c17-6-8-4-9(15-14-8)10-2-1-3-16(10)12(18)11-5-13-7-19-11/h4-5,7,10,17H,1-3,6H2,(H,14,15). The van der Waals surface area contributed by atoms with Crippen LogP contribution in [0, 0.1) is 0 Å². The number of amides is 1. The Bertz CT molecular complexity index is 566. The lowest BCUT2D eigenvalue weighted by atomic mass is 10.1. The van der Waals surface area contributed by atoms with E-state index in [1.807, 2.05) is 11.0 Å². The summed E-state index contributed by atoms with van der Waals surface area (Å²) >= 11 is 1.35. The van der Waals surface area contributed by atoms with Gasteiger partial charge < -0.3 is 10.0 Å². The Labute approximate surface area is 114 Å². The van der Waals surface area contributed by atoms with Crippen molar-refractivity contribution in [3.05, 3.63) is 34.0 Å². The molecule has 1 atom stereocenters. The van der Waals surface area contributed by atoms with E-state index < -0.39 is 0 Å². The second-order valence-corrected chi connectivity index (χ2v) is 5.38. The van der Waals surface area contributed by atoms with Crippen molar-refractivity contribution in [1.82, 2.24) is 20.1 Å². The number of hydrogen-bond acceptors (Lipinski definition) is 5. The molecular formula is C12H14N4O2S. The molecule has 1 aliphatic heterocycles. The van der Waals surface area contributed by atoms with Crippen molar-refractivity contribution in [2.45, 2.75) is 25.5 Å². The van der Waals surface area contributed by atoms with Crippen LogP contribution in [0.3, 0.4) is 0 Å². The summed E-state index contributed by atoms with van der Waals surface area (Å²) in [5, 5.41) is 16.0. The number of nitrogens with zero attached hydrogens (tertiary/aromatic N) is 3. The zero-order valence-corrected chi connectivity index (χ0v) is 11.1. The number of hydrogen-bond donors (Lipinski definition) is 2. The second-order valence-electron chi connectivity index (χ2n) is 4.50. The van der Waals surface area contributed by atoms with Crippen LogP contribution in [-0.2, 0) is 6.61 Å². The van der Waals surface area contributed by atoms with Gasteiger partial charge in [-0.15, -0.1) is 11.3 Å². The van der Waals surface area contributed by atoms with Crippen molar-refractivity contribution < 1.29 is 9.90 Å². The Balaban J connectivity index is 1.83. The van der Waals surface area contributed by atoms with Gasteiger partial charge in [-0.3, -0.25) is 14.9 Å². The summed E-state index contributed by atoms with van der Waals surface area (Å²) in [5.74, 6) is 0.0125. The van der Waals surface area contributed by atoms with Crippen LogP contribution in [-0.4, -0.2) is 37.6 Å². The van der Waals surface area contributed by atoms with Crippen molar-refractivity contribution in [3.63, 3.8) is 0 Å². The highest BCUT2D eigenvalue weighted by Gasteiger charge is 2.32. The molecule has 1 aliphatic rings. The first kappa shape index (κ1) is 12.3. The van der Waals surface area contributed by atoms with Gasteiger partial charge >= 0.3 is 0 Å². The van der Waals surface area contributed by atoms with E-state index in [9.17, 15) is 4.79 Å². The Morgan fingerprint density at radius 3 is 3.21 bits per heavy atom. The fraction of sp³-hybridized carbons (Fsp3) is 0.417. The van der Waals surface area contributed by atoms with E-state index in [-0.39, 0.29) is 18.6 Å². The molecule has 19 heavy (non-hydrogen) atoms. The molecule has 2 aromatic rings. The van der Waals surface area contributed by atoms with Crippen LogP contribution in [0.4, 0.5) is 0 Å². The predicted octanol–water partition coefficient (Wildman–Crippen LogP) is 1.34. The average molecular weight is 278 g/mol. The molecule has 1 saturated heterocycles. The van der Waals surface area contributed by atoms with Crippen molar-refractivity contribution in [3.8, 4) is 0 Å². The summed E-state index contributed by atoms with van der Waals surface area (Å²) in [7, 11) is 0. The molecule has 0 bridgehead atoms. The summed E-state index contributed by atoms with van der Waals surface area (Å²) < 4.78 is 0. The van der Waals surface area contributed by atoms with E-state index in [1.165, 1.54) is 11.3 Å². The molecule has 0 saturated carbocycles. The number of carbonyl (C=O) groups is 1. The number of carbonyl (C=O) groups excluding carboxylic acids is 1. The number of aliphatic hydroxyl groups excluding tert-OH is 1. The molecule has 3 heterocycles. The summed E-state index contributed by atoms with van der Waals surface area (Å²) in [6, 6.07) is 1.81. The lowest BCUT2D eigenvalue weighted by Gasteiger charge is -2.22. The van der Waals surface area contributed by atoms with Gasteiger partial charge in [0.1, 0.15) is 4.88 Å². The van der Waals surface area contributed by atoms with E-state index in [2.05, 4.69) is 15.2 Å². The van der Waals surface area contributed by atoms with Crippen molar-refractivity contribution in [1.29, 1.82) is 0 Å². The number of aromatic amines is 1. The molecule has 0 radical (unpaired) electrons. The van der Waals surface area contributed by atoms with E-state index in [1.54, 1.807) is 11.7 Å². The molecule has 2 N–H and O–H groups in total. The monoisotopic (exact) mass is 278 g/mol. The third kappa shape index (κ3) is 2.26. The summed E-state index contributed by atoms with van der Waals surface area (Å²) in [5.41, 5.74) is 3.16. The van der Waals surface area contributed by atoms with Crippen molar-refractivity contribution >= 4 is 17.2 Å². The Hall–Kier alpha value is -1.73. The summed E-state index contributed by atoms with van der Waals surface area (Å²) in [6.45, 7) is 0.672. The van der Waals surface area contributed by atoms with E-state index in [4.69, 9.17) is 5.11 Å². The number of aromatic nitrogens is 3. The van der Waals surface area contributed by atoms with Gasteiger partial charge in [0.05, 0.1) is 35.7 Å². The molecule has 2 aromatic heterocycles. The van der Waals surface area contributed by atoms with Crippen LogP contribution in [0.25, 0.3) is 0 Å². The Kier molecular flexibility index (Phi) is 3.31. The molecule has 6 nitrogen and oxygen atoms in total. The maximum absolute atomic E-state index is 12.4. The molecule has 1 amide bonds. The number of thiazole rings is 1. The number of nitrogens with one attached hydrogen (secondary N) is 1. The lowest BCUT2D eigenvalue weighted by molar-refractivity contribution is 0.0737. The Morgan fingerprint density at radius 1 is 1.63 bits per heavy atom. The molecular weight excluding hydrogens is 264 g/mol. The van der Waals surface area contributed by atoms with Gasteiger partial charge in [-0.1, -0.05) is 0 Å². The third-order valence-electron chi connectivity index (χ3n) is 3.32. The van der Waals surface area contributed by atoms with Gasteiger partial charge in [-0.05, 0) is 18.9 Å². The first-order valence-electron chi connectivity index (χ1n) is 6.14. The van der Waals surface area contributed by atoms with E-state index >= 15 is 0 Å². The van der Waals surface area contributed by atoms with Gasteiger partial charge in [-0.25, -0.2) is 0 Å². The molecule has 1 unspecified atom stereocenters. The zero-order chi connectivity index (χ0) is 13.2. The van der Waals surface area contributed by atoms with Crippen LogP contribution in [0.15, 0.2) is 17.8 Å². The van der Waals surface area contributed by atoms with Crippen LogP contribution in [0.5, 0.6) is 0 Å². The molecule has 100 valence electrons. The second kappa shape index (κ2) is 5.10. The molecule has 0 aromatic carbocycles. The molecule has 7 heteroatoms. The molecule has 0 spiro atoms. The smallest absolute Gasteiger partial charge is 0.266 e. The highest BCUT2D eigenvalue weighted by atomic mass is 32.1. The largest absolute Gasteiger partial charge is 0.390 e. The summed E-state index contributed by atoms with van der Waals surface area (Å²) in [4.78, 5) is 18.8. The molecule has 0 aliphatic carbocycles. The van der Waals surface area contributed by atoms with Crippen LogP contribution >= 0.6 is 11.3 Å². The third-order valence-corrected chi connectivity index (χ3v) is 4.08. The molecule has 1 fully saturated rings. The number of rotatable bonds is 3. The first-order valence-corrected chi connectivity index (χ1v) is 7.02. The van der Waals surface area contributed by atoms with E-state index in [0.717, 1.165) is 25.1 Å². The lowest BCUT2D eigenvalue weighted by Crippen LogP contribution is -2.30. The summed E-state index contributed by atoms with van der Waals surface area (Å²) in [6.07, 6.45) is 3.48. The quantitative estimate of drug-likeness (QED) is 0.887. The zero-order valence-electron chi connectivity index (χ0n) is 10.2. The van der Waals surface area contributed by atoms with E-state index in [0.29, 0.717) is 10.6 Å².